The van der Waals surface area contributed by atoms with E-state index in [1.807, 2.05) is 43.5 Å². The summed E-state index contributed by atoms with van der Waals surface area (Å²) in [6, 6.07) is 9.88. The molecule has 0 aliphatic carbocycles. The third-order valence-electron chi connectivity index (χ3n) is 6.55. The van der Waals surface area contributed by atoms with Gasteiger partial charge in [0.1, 0.15) is 11.4 Å². The van der Waals surface area contributed by atoms with Crippen LogP contribution in [0.25, 0.3) is 16.9 Å². The Morgan fingerprint density at radius 1 is 1.16 bits per heavy atom. The molecular weight excluding hydrogens is 402 g/mol. The van der Waals surface area contributed by atoms with Crippen LogP contribution in [0.15, 0.2) is 36.5 Å². The van der Waals surface area contributed by atoms with E-state index in [1.165, 1.54) is 6.42 Å². The first-order valence-electron chi connectivity index (χ1n) is 11.5. The second kappa shape index (κ2) is 8.13. The number of nitrogens with zero attached hydrogens (tertiary/aromatic N) is 4. The highest BCUT2D eigenvalue weighted by Crippen LogP contribution is 2.37. The summed E-state index contributed by atoms with van der Waals surface area (Å²) in [4.78, 5) is 21.7. The zero-order valence-electron chi connectivity index (χ0n) is 19.0. The van der Waals surface area contributed by atoms with Gasteiger partial charge in [-0.25, -0.2) is 4.98 Å². The van der Waals surface area contributed by atoms with Gasteiger partial charge in [-0.15, -0.1) is 0 Å². The predicted molar refractivity (Wildman–Crippen MR) is 127 cm³/mol. The normalized spacial score (nSPS) is 21.6. The van der Waals surface area contributed by atoms with E-state index in [4.69, 9.17) is 15.5 Å². The molecule has 2 atom stereocenters. The minimum Gasteiger partial charge on any atom is -0.482 e. The number of benzene rings is 1. The van der Waals surface area contributed by atoms with Crippen LogP contribution in [0.4, 0.5) is 11.4 Å². The van der Waals surface area contributed by atoms with Gasteiger partial charge in [0.2, 0.25) is 0 Å². The maximum Gasteiger partial charge on any atom is 0.265 e. The maximum atomic E-state index is 12.4. The van der Waals surface area contributed by atoms with Gasteiger partial charge in [0.15, 0.2) is 6.61 Å². The van der Waals surface area contributed by atoms with Gasteiger partial charge in [0, 0.05) is 43.6 Å². The Morgan fingerprint density at radius 3 is 2.69 bits per heavy atom. The number of likely N-dealkylation sites (tertiary alicyclic amines) is 1. The first kappa shape index (κ1) is 20.8. The Labute approximate surface area is 188 Å². The van der Waals surface area contributed by atoms with Gasteiger partial charge in [0.05, 0.1) is 17.1 Å². The lowest BCUT2D eigenvalue weighted by molar-refractivity contribution is -0.121. The van der Waals surface area contributed by atoms with E-state index in [2.05, 4.69) is 23.1 Å². The van der Waals surface area contributed by atoms with E-state index >= 15 is 0 Å². The fourth-order valence-electron chi connectivity index (χ4n) is 5.32. The van der Waals surface area contributed by atoms with Crippen LogP contribution in [-0.4, -0.2) is 46.4 Å². The van der Waals surface area contributed by atoms with Crippen LogP contribution in [0.2, 0.25) is 0 Å². The van der Waals surface area contributed by atoms with Crippen LogP contribution >= 0.6 is 0 Å². The molecule has 2 aromatic heterocycles. The number of imidazole rings is 1. The number of pyridine rings is 1. The second-order valence-corrected chi connectivity index (χ2v) is 9.35. The summed E-state index contributed by atoms with van der Waals surface area (Å²) in [7, 11) is 0. The number of ether oxygens (including phenoxy) is 1. The number of nitrogen functional groups attached to an aromatic ring is 1. The number of anilines is 2. The van der Waals surface area contributed by atoms with E-state index in [9.17, 15) is 4.79 Å². The maximum absolute atomic E-state index is 12.4. The molecule has 1 aromatic carbocycles. The summed E-state index contributed by atoms with van der Waals surface area (Å²) in [5, 5.41) is 0. The van der Waals surface area contributed by atoms with E-state index in [0.717, 1.165) is 53.7 Å². The summed E-state index contributed by atoms with van der Waals surface area (Å²) < 4.78 is 7.79. The first-order valence-corrected chi connectivity index (χ1v) is 11.5. The number of hydrogen-bond acceptors (Lipinski definition) is 5. The zero-order chi connectivity index (χ0) is 22.4. The molecule has 2 unspecified atom stereocenters. The molecule has 1 amide bonds. The summed E-state index contributed by atoms with van der Waals surface area (Å²) >= 11 is 0. The summed E-state index contributed by atoms with van der Waals surface area (Å²) in [6.45, 7) is 10.3. The average molecular weight is 434 g/mol. The molecule has 32 heavy (non-hydrogen) atoms. The molecule has 2 N–H and O–H groups in total. The van der Waals surface area contributed by atoms with Gasteiger partial charge >= 0.3 is 0 Å². The molecule has 3 aromatic rings. The van der Waals surface area contributed by atoms with Gasteiger partial charge in [0.25, 0.3) is 5.91 Å². The molecule has 2 aliphatic rings. The number of carbonyl (C=O) groups is 1. The molecule has 2 aliphatic heterocycles. The van der Waals surface area contributed by atoms with Gasteiger partial charge in [-0.2, -0.15) is 0 Å². The second-order valence-electron chi connectivity index (χ2n) is 9.35. The number of aromatic nitrogens is 2. The minimum absolute atomic E-state index is 0.0172. The van der Waals surface area contributed by atoms with E-state index in [0.29, 0.717) is 24.1 Å². The highest BCUT2D eigenvalue weighted by molar-refractivity contribution is 5.98. The smallest absolute Gasteiger partial charge is 0.265 e. The highest BCUT2D eigenvalue weighted by atomic mass is 16.5. The molecule has 1 saturated heterocycles. The Kier molecular flexibility index (Phi) is 5.29. The predicted octanol–water partition coefficient (Wildman–Crippen LogP) is 3.81. The first-order chi connectivity index (χ1) is 15.4. The number of carbonyl (C=O) groups excluding carboxylic acids is 1. The Bertz CT molecular complexity index is 1160. The average Bonchev–Trinajstić information content (AvgIpc) is 3.10. The van der Waals surface area contributed by atoms with Crippen molar-refractivity contribution in [1.82, 2.24) is 14.3 Å². The quantitative estimate of drug-likeness (QED) is 0.677. The molecule has 0 spiro atoms. The lowest BCUT2D eigenvalue weighted by Crippen LogP contribution is -2.38. The van der Waals surface area contributed by atoms with Gasteiger partial charge in [-0.1, -0.05) is 13.8 Å². The molecule has 0 radical (unpaired) electrons. The Balaban J connectivity index is 1.61. The molecule has 1 fully saturated rings. The van der Waals surface area contributed by atoms with Crippen molar-refractivity contribution >= 4 is 22.9 Å². The molecule has 4 heterocycles. The number of piperidine rings is 1. The molecule has 7 nitrogen and oxygen atoms in total. The number of fused-ring (bicyclic) bond motifs is 2. The SMILES string of the molecule is CCN1C(=O)COc2ccc(-c3nc4ccc(N)cn4c3CN3CC(C)CC(C)C3)cc21. The standard InChI is InChI=1S/C25H31N5O2/c1-4-29-20-10-18(5-7-22(20)32-15-24(29)31)25-21(14-28-11-16(2)9-17(3)12-28)30-13-19(26)6-8-23(30)27-25/h5-8,10,13,16-17H,4,9,11-12,14-15,26H2,1-3H3. The minimum atomic E-state index is -0.0172. The Morgan fingerprint density at radius 2 is 1.94 bits per heavy atom. The van der Waals surface area contributed by atoms with Gasteiger partial charge < -0.3 is 19.8 Å². The van der Waals surface area contributed by atoms with Crippen molar-refractivity contribution in [1.29, 1.82) is 0 Å². The van der Waals surface area contributed by atoms with Crippen molar-refractivity contribution in [2.24, 2.45) is 11.8 Å². The molecule has 0 bridgehead atoms. The van der Waals surface area contributed by atoms with Crippen molar-refractivity contribution in [3.8, 4) is 17.0 Å². The molecule has 5 rings (SSSR count). The van der Waals surface area contributed by atoms with Crippen LogP contribution in [-0.2, 0) is 11.3 Å². The Hall–Kier alpha value is -3.06. The molecule has 7 heteroatoms. The van der Waals surface area contributed by atoms with Crippen LogP contribution in [0.3, 0.4) is 0 Å². The highest BCUT2D eigenvalue weighted by Gasteiger charge is 2.27. The van der Waals surface area contributed by atoms with Gasteiger partial charge in [-0.05, 0) is 55.5 Å². The van der Waals surface area contributed by atoms with Crippen molar-refractivity contribution in [3.05, 3.63) is 42.2 Å². The third kappa shape index (κ3) is 3.71. The van der Waals surface area contributed by atoms with Crippen molar-refractivity contribution in [2.75, 3.05) is 36.9 Å². The van der Waals surface area contributed by atoms with Crippen LogP contribution in [0.1, 0.15) is 32.9 Å². The lowest BCUT2D eigenvalue weighted by Gasteiger charge is -2.35. The van der Waals surface area contributed by atoms with E-state index in [1.54, 1.807) is 4.90 Å². The zero-order valence-corrected chi connectivity index (χ0v) is 19.0. The van der Waals surface area contributed by atoms with Crippen LogP contribution in [0.5, 0.6) is 5.75 Å². The van der Waals surface area contributed by atoms with Crippen molar-refractivity contribution in [3.63, 3.8) is 0 Å². The monoisotopic (exact) mass is 433 g/mol. The number of rotatable bonds is 4. The molecule has 0 saturated carbocycles. The fourth-order valence-corrected chi connectivity index (χ4v) is 5.32. The van der Waals surface area contributed by atoms with Crippen molar-refractivity contribution < 1.29 is 9.53 Å². The summed E-state index contributed by atoms with van der Waals surface area (Å²) in [5.74, 6) is 2.08. The van der Waals surface area contributed by atoms with E-state index in [-0.39, 0.29) is 12.5 Å². The topological polar surface area (TPSA) is 76.1 Å². The third-order valence-corrected chi connectivity index (χ3v) is 6.55. The van der Waals surface area contributed by atoms with E-state index < -0.39 is 0 Å². The molecular formula is C25H31N5O2. The lowest BCUT2D eigenvalue weighted by atomic mass is 9.92. The number of nitrogens with two attached hydrogens (primary N) is 1. The number of likely N-dealkylation sites (N-methyl/N-ethyl adjacent to an activating group) is 1. The van der Waals surface area contributed by atoms with Crippen LogP contribution in [0, 0.1) is 11.8 Å². The van der Waals surface area contributed by atoms with Gasteiger partial charge in [-0.3, -0.25) is 9.69 Å². The summed E-state index contributed by atoms with van der Waals surface area (Å²) in [5.41, 5.74) is 11.6. The van der Waals surface area contributed by atoms with Crippen LogP contribution < -0.4 is 15.4 Å². The molecule has 168 valence electrons. The fraction of sp³-hybridized carbons (Fsp3) is 0.440. The summed E-state index contributed by atoms with van der Waals surface area (Å²) in [6.07, 6.45) is 3.23. The number of amides is 1. The largest absolute Gasteiger partial charge is 0.482 e. The van der Waals surface area contributed by atoms with Crippen molar-refractivity contribution in [2.45, 2.75) is 33.7 Å². The number of hydrogen-bond donors (Lipinski definition) is 1.